The quantitative estimate of drug-likeness (QED) is 0.354. The summed E-state index contributed by atoms with van der Waals surface area (Å²) in [5.74, 6) is -0.281. The molecule has 5 rings (SSSR count). The molecule has 3 N–H and O–H groups in total. The molecule has 8 heteroatoms. The Morgan fingerprint density at radius 2 is 1.54 bits per heavy atom. The maximum Gasteiger partial charge on any atom is 0.255 e. The summed E-state index contributed by atoms with van der Waals surface area (Å²) in [5, 5.41) is 21.0. The zero-order valence-corrected chi connectivity index (χ0v) is 21.0. The first kappa shape index (κ1) is 24.5. The number of amides is 2. The van der Waals surface area contributed by atoms with E-state index in [0.717, 1.165) is 53.9 Å². The Balaban J connectivity index is 1.26. The van der Waals surface area contributed by atoms with E-state index in [1.807, 2.05) is 85.3 Å². The summed E-state index contributed by atoms with van der Waals surface area (Å²) in [6.45, 7) is 5.35. The van der Waals surface area contributed by atoms with Gasteiger partial charge in [-0.15, -0.1) is 0 Å². The van der Waals surface area contributed by atoms with Crippen LogP contribution < -0.4 is 15.5 Å². The maximum absolute atomic E-state index is 12.8. The van der Waals surface area contributed by atoms with Gasteiger partial charge in [-0.1, -0.05) is 13.8 Å². The van der Waals surface area contributed by atoms with Crippen molar-refractivity contribution in [3.8, 4) is 5.69 Å². The van der Waals surface area contributed by atoms with E-state index in [4.69, 9.17) is 0 Å². The van der Waals surface area contributed by atoms with Crippen LogP contribution in [-0.2, 0) is 4.79 Å². The van der Waals surface area contributed by atoms with Gasteiger partial charge in [0.15, 0.2) is 0 Å². The Bertz CT molecular complexity index is 1400. The third kappa shape index (κ3) is 5.49. The molecule has 0 unspecified atom stereocenters. The van der Waals surface area contributed by atoms with Gasteiger partial charge in [0.25, 0.3) is 5.91 Å². The first-order valence-corrected chi connectivity index (χ1v) is 12.6. The van der Waals surface area contributed by atoms with Crippen LogP contribution in [0.2, 0.25) is 0 Å². The molecule has 1 aliphatic rings. The number of piperidine rings is 1. The number of aliphatic hydroxyl groups is 1. The van der Waals surface area contributed by atoms with E-state index in [0.29, 0.717) is 11.3 Å². The highest BCUT2D eigenvalue weighted by molar-refractivity contribution is 6.05. The number of nitrogens with zero attached hydrogens (tertiary/aromatic N) is 3. The number of carbonyl (C=O) groups excluding carboxylic acids is 2. The van der Waals surface area contributed by atoms with Gasteiger partial charge in [0.05, 0.1) is 23.5 Å². The van der Waals surface area contributed by atoms with Crippen molar-refractivity contribution >= 4 is 39.8 Å². The monoisotopic (exact) mass is 497 g/mol. The van der Waals surface area contributed by atoms with E-state index in [9.17, 15) is 14.7 Å². The van der Waals surface area contributed by atoms with Crippen LogP contribution in [0.4, 0.5) is 17.1 Å². The van der Waals surface area contributed by atoms with Gasteiger partial charge in [0.2, 0.25) is 5.91 Å². The lowest BCUT2D eigenvalue weighted by molar-refractivity contribution is -0.118. The first-order chi connectivity index (χ1) is 17.9. The topological polar surface area (TPSA) is 99.5 Å². The third-order valence-electron chi connectivity index (χ3n) is 6.69. The van der Waals surface area contributed by atoms with Crippen molar-refractivity contribution in [2.45, 2.75) is 32.8 Å². The van der Waals surface area contributed by atoms with Crippen LogP contribution in [-0.4, -0.2) is 45.9 Å². The SMILES string of the molecule is CC(C)C(=O)Nc1ccc(-n2ncc3cc(NC(=O)c4ccc(N5CCC(O)CC5)cc4)ccc32)cc1. The van der Waals surface area contributed by atoms with E-state index in [1.54, 1.807) is 6.20 Å². The highest BCUT2D eigenvalue weighted by atomic mass is 16.3. The number of aromatic nitrogens is 2. The van der Waals surface area contributed by atoms with Gasteiger partial charge in [0, 0.05) is 47.0 Å². The zero-order chi connectivity index (χ0) is 25.9. The molecular weight excluding hydrogens is 466 g/mol. The normalized spacial score (nSPS) is 14.2. The molecule has 0 saturated carbocycles. The van der Waals surface area contributed by atoms with Gasteiger partial charge in [-0.25, -0.2) is 4.68 Å². The molecule has 0 atom stereocenters. The van der Waals surface area contributed by atoms with Crippen molar-refractivity contribution in [3.05, 3.63) is 78.5 Å². The molecule has 190 valence electrons. The van der Waals surface area contributed by atoms with Crippen LogP contribution in [0.5, 0.6) is 0 Å². The minimum absolute atomic E-state index is 0.0226. The predicted octanol–water partition coefficient (Wildman–Crippen LogP) is 4.83. The van der Waals surface area contributed by atoms with Crippen molar-refractivity contribution in [2.24, 2.45) is 5.92 Å². The second-order valence-electron chi connectivity index (χ2n) is 9.74. The number of hydrogen-bond acceptors (Lipinski definition) is 5. The van der Waals surface area contributed by atoms with Gasteiger partial charge in [-0.3, -0.25) is 9.59 Å². The lowest BCUT2D eigenvalue weighted by atomic mass is 10.1. The molecule has 0 aliphatic carbocycles. The second-order valence-corrected chi connectivity index (χ2v) is 9.74. The number of anilines is 3. The van der Waals surface area contributed by atoms with Gasteiger partial charge in [-0.05, 0) is 79.6 Å². The van der Waals surface area contributed by atoms with Gasteiger partial charge < -0.3 is 20.6 Å². The number of benzene rings is 3. The maximum atomic E-state index is 12.8. The number of hydrogen-bond donors (Lipinski definition) is 3. The molecule has 4 aromatic rings. The molecule has 2 amide bonds. The lowest BCUT2D eigenvalue weighted by Gasteiger charge is -2.31. The number of fused-ring (bicyclic) bond motifs is 1. The molecular formula is C29H31N5O3. The Labute approximate surface area is 215 Å². The minimum Gasteiger partial charge on any atom is -0.393 e. The fourth-order valence-electron chi connectivity index (χ4n) is 4.44. The van der Waals surface area contributed by atoms with Crippen molar-refractivity contribution in [3.63, 3.8) is 0 Å². The average molecular weight is 498 g/mol. The van der Waals surface area contributed by atoms with E-state index < -0.39 is 0 Å². The molecule has 37 heavy (non-hydrogen) atoms. The Hall–Kier alpha value is -4.17. The van der Waals surface area contributed by atoms with Crippen molar-refractivity contribution < 1.29 is 14.7 Å². The summed E-state index contributed by atoms with van der Waals surface area (Å²) in [4.78, 5) is 27.0. The smallest absolute Gasteiger partial charge is 0.255 e. The summed E-state index contributed by atoms with van der Waals surface area (Å²) in [7, 11) is 0. The summed E-state index contributed by atoms with van der Waals surface area (Å²) < 4.78 is 1.83. The molecule has 3 aromatic carbocycles. The van der Waals surface area contributed by atoms with Crippen LogP contribution in [0.25, 0.3) is 16.6 Å². The minimum atomic E-state index is -0.213. The lowest BCUT2D eigenvalue weighted by Crippen LogP contribution is -2.35. The molecule has 1 fully saturated rings. The van der Waals surface area contributed by atoms with Crippen LogP contribution in [0, 0.1) is 5.92 Å². The Kier molecular flexibility index (Phi) is 6.92. The highest BCUT2D eigenvalue weighted by Gasteiger charge is 2.18. The summed E-state index contributed by atoms with van der Waals surface area (Å²) >= 11 is 0. The first-order valence-electron chi connectivity index (χ1n) is 12.6. The molecule has 1 aromatic heterocycles. The largest absolute Gasteiger partial charge is 0.393 e. The zero-order valence-electron chi connectivity index (χ0n) is 21.0. The fraction of sp³-hybridized carbons (Fsp3) is 0.276. The van der Waals surface area contributed by atoms with Gasteiger partial charge >= 0.3 is 0 Å². The number of rotatable bonds is 6. The summed E-state index contributed by atoms with van der Waals surface area (Å²) in [6.07, 6.45) is 3.09. The van der Waals surface area contributed by atoms with E-state index in [2.05, 4.69) is 20.6 Å². The van der Waals surface area contributed by atoms with Crippen molar-refractivity contribution in [2.75, 3.05) is 28.6 Å². The predicted molar refractivity (Wildman–Crippen MR) is 146 cm³/mol. The van der Waals surface area contributed by atoms with Crippen LogP contribution in [0.3, 0.4) is 0 Å². The van der Waals surface area contributed by atoms with Crippen molar-refractivity contribution in [1.29, 1.82) is 0 Å². The van der Waals surface area contributed by atoms with Crippen LogP contribution in [0.1, 0.15) is 37.0 Å². The highest BCUT2D eigenvalue weighted by Crippen LogP contribution is 2.24. The van der Waals surface area contributed by atoms with Crippen LogP contribution in [0.15, 0.2) is 72.9 Å². The van der Waals surface area contributed by atoms with E-state index in [-0.39, 0.29) is 23.8 Å². The molecule has 0 spiro atoms. The standard InChI is InChI=1S/C29H31N5O3/c1-19(2)28(36)31-22-5-10-25(11-6-22)34-27-12-7-23(17-21(27)18-30-34)32-29(37)20-3-8-24(9-4-20)33-15-13-26(35)14-16-33/h3-12,17-19,26,35H,13-16H2,1-2H3,(H,31,36)(H,32,37). The molecule has 0 radical (unpaired) electrons. The third-order valence-corrected chi connectivity index (χ3v) is 6.69. The number of nitrogens with one attached hydrogen (secondary N) is 2. The molecule has 1 aliphatic heterocycles. The van der Waals surface area contributed by atoms with Gasteiger partial charge in [-0.2, -0.15) is 5.10 Å². The number of aliphatic hydroxyl groups excluding tert-OH is 1. The number of carbonyl (C=O) groups is 2. The molecule has 1 saturated heterocycles. The van der Waals surface area contributed by atoms with E-state index >= 15 is 0 Å². The van der Waals surface area contributed by atoms with E-state index in [1.165, 1.54) is 0 Å². The average Bonchev–Trinajstić information content (AvgIpc) is 3.33. The van der Waals surface area contributed by atoms with Crippen molar-refractivity contribution in [1.82, 2.24) is 9.78 Å². The van der Waals surface area contributed by atoms with Gasteiger partial charge in [0.1, 0.15) is 0 Å². The molecule has 2 heterocycles. The molecule has 8 nitrogen and oxygen atoms in total. The van der Waals surface area contributed by atoms with Crippen LogP contribution >= 0.6 is 0 Å². The Morgan fingerprint density at radius 3 is 2.22 bits per heavy atom. The summed E-state index contributed by atoms with van der Waals surface area (Å²) in [5.41, 5.74) is 4.86. The Morgan fingerprint density at radius 1 is 0.892 bits per heavy atom. The summed E-state index contributed by atoms with van der Waals surface area (Å²) in [6, 6.07) is 20.8. The second kappa shape index (κ2) is 10.4. The molecule has 0 bridgehead atoms. The fourth-order valence-corrected chi connectivity index (χ4v) is 4.44.